The summed E-state index contributed by atoms with van der Waals surface area (Å²) in [6, 6.07) is 0.515. The van der Waals surface area contributed by atoms with Gasteiger partial charge in [-0.25, -0.2) is 4.98 Å². The Morgan fingerprint density at radius 1 is 1.17 bits per heavy atom. The van der Waals surface area contributed by atoms with Crippen LogP contribution in [-0.4, -0.2) is 32.7 Å². The van der Waals surface area contributed by atoms with Crippen LogP contribution in [0.4, 0.5) is 5.95 Å². The molecule has 100 valence electrons. The number of thioether (sulfide) groups is 1. The molecule has 4 nitrogen and oxygen atoms in total. The summed E-state index contributed by atoms with van der Waals surface area (Å²) in [7, 11) is 0. The normalized spacial score (nSPS) is 23.3. The van der Waals surface area contributed by atoms with Crippen LogP contribution in [0.15, 0.2) is 0 Å². The highest BCUT2D eigenvalue weighted by molar-refractivity contribution is 7.99. The third-order valence-corrected chi connectivity index (χ3v) is 4.66. The average Bonchev–Trinajstić information content (AvgIpc) is 2.86. The second kappa shape index (κ2) is 6.36. The number of rotatable bonds is 5. The van der Waals surface area contributed by atoms with E-state index in [1.807, 2.05) is 11.8 Å². The fraction of sp³-hybridized carbons (Fsp3) is 0.769. The van der Waals surface area contributed by atoms with Crippen molar-refractivity contribution in [2.75, 3.05) is 11.6 Å². The van der Waals surface area contributed by atoms with Crippen LogP contribution in [0, 0.1) is 0 Å². The summed E-state index contributed by atoms with van der Waals surface area (Å²) in [6.07, 6.45) is 7.73. The molecule has 1 heterocycles. The topological polar surface area (TPSA) is 50.7 Å². The summed E-state index contributed by atoms with van der Waals surface area (Å²) >= 11 is 1.96. The van der Waals surface area contributed by atoms with Crippen molar-refractivity contribution in [3.63, 3.8) is 0 Å². The lowest BCUT2D eigenvalue weighted by Gasteiger charge is -2.13. The molecule has 0 amide bonds. The number of aromatic nitrogens is 3. The fourth-order valence-corrected chi connectivity index (χ4v) is 3.26. The standard InChI is InChI=1S/C13H22N4S/c1-4-11-12(5-2)16-17-13(15-11)14-9-6-7-10(8-9)18-3/h9-10H,4-8H2,1-3H3,(H,14,15,17). The van der Waals surface area contributed by atoms with Crippen molar-refractivity contribution in [3.05, 3.63) is 11.4 Å². The molecule has 0 radical (unpaired) electrons. The third kappa shape index (κ3) is 3.13. The van der Waals surface area contributed by atoms with Gasteiger partial charge in [0.2, 0.25) is 5.95 Å². The summed E-state index contributed by atoms with van der Waals surface area (Å²) in [5.41, 5.74) is 2.10. The van der Waals surface area contributed by atoms with Crippen LogP contribution < -0.4 is 5.32 Å². The second-order valence-corrected chi connectivity index (χ2v) is 5.89. The fourth-order valence-electron chi connectivity index (χ4n) is 2.47. The Morgan fingerprint density at radius 3 is 2.56 bits per heavy atom. The molecule has 1 N–H and O–H groups in total. The predicted octanol–water partition coefficient (Wildman–Crippen LogP) is 2.69. The van der Waals surface area contributed by atoms with E-state index in [0.29, 0.717) is 12.0 Å². The van der Waals surface area contributed by atoms with Gasteiger partial charge in [0.1, 0.15) is 0 Å². The van der Waals surface area contributed by atoms with Crippen molar-refractivity contribution in [2.24, 2.45) is 0 Å². The second-order valence-electron chi connectivity index (χ2n) is 4.75. The summed E-state index contributed by atoms with van der Waals surface area (Å²) in [5, 5.41) is 12.7. The first-order valence-electron chi connectivity index (χ1n) is 6.78. The van der Waals surface area contributed by atoms with Gasteiger partial charge >= 0.3 is 0 Å². The Balaban J connectivity index is 2.01. The number of hydrogen-bond acceptors (Lipinski definition) is 5. The van der Waals surface area contributed by atoms with Crippen LogP contribution in [0.3, 0.4) is 0 Å². The van der Waals surface area contributed by atoms with Crippen LogP contribution >= 0.6 is 11.8 Å². The molecule has 2 atom stereocenters. The molecule has 2 unspecified atom stereocenters. The minimum atomic E-state index is 0.515. The van der Waals surface area contributed by atoms with E-state index in [-0.39, 0.29) is 0 Å². The van der Waals surface area contributed by atoms with Crippen molar-refractivity contribution in [1.29, 1.82) is 0 Å². The molecule has 5 heteroatoms. The van der Waals surface area contributed by atoms with Crippen molar-refractivity contribution in [3.8, 4) is 0 Å². The molecular weight excluding hydrogens is 244 g/mol. The Labute approximate surface area is 113 Å². The highest BCUT2D eigenvalue weighted by atomic mass is 32.2. The Hall–Kier alpha value is -0.840. The molecular formula is C13H22N4S. The zero-order valence-electron chi connectivity index (χ0n) is 11.4. The molecule has 0 bridgehead atoms. The van der Waals surface area contributed by atoms with E-state index in [1.165, 1.54) is 19.3 Å². The lowest BCUT2D eigenvalue weighted by molar-refractivity contribution is 0.727. The number of aryl methyl sites for hydroxylation is 2. The maximum absolute atomic E-state index is 4.58. The summed E-state index contributed by atoms with van der Waals surface area (Å²) in [6.45, 7) is 4.21. The van der Waals surface area contributed by atoms with Gasteiger partial charge in [0.25, 0.3) is 0 Å². The quantitative estimate of drug-likeness (QED) is 0.888. The SMILES string of the molecule is CCc1nnc(NC2CCC(SC)C2)nc1CC. The Kier molecular flexibility index (Phi) is 4.80. The first-order valence-corrected chi connectivity index (χ1v) is 8.07. The number of hydrogen-bond donors (Lipinski definition) is 1. The van der Waals surface area contributed by atoms with Crippen molar-refractivity contribution in [2.45, 2.75) is 57.2 Å². The van der Waals surface area contributed by atoms with Gasteiger partial charge in [-0.3, -0.25) is 0 Å². The van der Waals surface area contributed by atoms with Gasteiger partial charge in [0, 0.05) is 11.3 Å². The molecule has 1 aromatic rings. The highest BCUT2D eigenvalue weighted by Crippen LogP contribution is 2.29. The van der Waals surface area contributed by atoms with E-state index in [9.17, 15) is 0 Å². The largest absolute Gasteiger partial charge is 0.350 e. The van der Waals surface area contributed by atoms with Gasteiger partial charge in [-0.15, -0.1) is 5.10 Å². The Bertz CT molecular complexity index is 397. The van der Waals surface area contributed by atoms with Crippen LogP contribution in [0.5, 0.6) is 0 Å². The molecule has 1 aliphatic carbocycles. The van der Waals surface area contributed by atoms with Crippen LogP contribution in [0.2, 0.25) is 0 Å². The molecule has 0 aromatic carbocycles. The van der Waals surface area contributed by atoms with E-state index >= 15 is 0 Å². The van der Waals surface area contributed by atoms with Crippen LogP contribution in [0.25, 0.3) is 0 Å². The monoisotopic (exact) mass is 266 g/mol. The van der Waals surface area contributed by atoms with E-state index in [0.717, 1.165) is 29.5 Å². The highest BCUT2D eigenvalue weighted by Gasteiger charge is 2.24. The maximum atomic E-state index is 4.58. The minimum absolute atomic E-state index is 0.515. The van der Waals surface area contributed by atoms with Crippen molar-refractivity contribution >= 4 is 17.7 Å². The molecule has 18 heavy (non-hydrogen) atoms. The molecule has 2 rings (SSSR count). The van der Waals surface area contributed by atoms with Crippen molar-refractivity contribution in [1.82, 2.24) is 15.2 Å². The predicted molar refractivity (Wildman–Crippen MR) is 77.1 cm³/mol. The number of anilines is 1. The third-order valence-electron chi connectivity index (χ3n) is 3.56. The maximum Gasteiger partial charge on any atom is 0.243 e. The zero-order valence-corrected chi connectivity index (χ0v) is 12.3. The Morgan fingerprint density at radius 2 is 1.94 bits per heavy atom. The van der Waals surface area contributed by atoms with Crippen LogP contribution in [0.1, 0.15) is 44.5 Å². The van der Waals surface area contributed by atoms with Gasteiger partial charge in [-0.2, -0.15) is 16.9 Å². The number of nitrogens with one attached hydrogen (secondary N) is 1. The van der Waals surface area contributed by atoms with Gasteiger partial charge in [-0.1, -0.05) is 13.8 Å². The summed E-state index contributed by atoms with van der Waals surface area (Å²) in [4.78, 5) is 4.58. The lowest BCUT2D eigenvalue weighted by atomic mass is 10.2. The molecule has 1 aliphatic rings. The molecule has 1 aromatic heterocycles. The van der Waals surface area contributed by atoms with E-state index in [4.69, 9.17) is 0 Å². The van der Waals surface area contributed by atoms with E-state index in [2.05, 4.69) is 40.6 Å². The van der Waals surface area contributed by atoms with Gasteiger partial charge in [0.05, 0.1) is 11.4 Å². The van der Waals surface area contributed by atoms with Crippen LogP contribution in [-0.2, 0) is 12.8 Å². The van der Waals surface area contributed by atoms with Gasteiger partial charge < -0.3 is 5.32 Å². The molecule has 0 spiro atoms. The average molecular weight is 266 g/mol. The van der Waals surface area contributed by atoms with E-state index in [1.54, 1.807) is 0 Å². The first kappa shape index (κ1) is 13.6. The lowest BCUT2D eigenvalue weighted by Crippen LogP contribution is -2.19. The first-order chi connectivity index (χ1) is 8.76. The summed E-state index contributed by atoms with van der Waals surface area (Å²) in [5.74, 6) is 0.704. The smallest absolute Gasteiger partial charge is 0.243 e. The number of nitrogens with zero attached hydrogens (tertiary/aromatic N) is 3. The minimum Gasteiger partial charge on any atom is -0.350 e. The van der Waals surface area contributed by atoms with E-state index < -0.39 is 0 Å². The molecule has 1 saturated carbocycles. The zero-order chi connectivity index (χ0) is 13.0. The van der Waals surface area contributed by atoms with Crippen molar-refractivity contribution < 1.29 is 0 Å². The molecule has 0 aliphatic heterocycles. The molecule has 0 saturated heterocycles. The van der Waals surface area contributed by atoms with Gasteiger partial charge in [-0.05, 0) is 38.4 Å². The molecule has 1 fully saturated rings. The summed E-state index contributed by atoms with van der Waals surface area (Å²) < 4.78 is 0. The van der Waals surface area contributed by atoms with Gasteiger partial charge in [0.15, 0.2) is 0 Å².